The van der Waals surface area contributed by atoms with Gasteiger partial charge in [-0.05, 0) is 30.5 Å². The van der Waals surface area contributed by atoms with E-state index < -0.39 is 0 Å². The minimum atomic E-state index is -0.338. The molecule has 1 rings (SSSR count). The van der Waals surface area contributed by atoms with E-state index in [0.29, 0.717) is 12.2 Å². The summed E-state index contributed by atoms with van der Waals surface area (Å²) in [5.74, 6) is -0.408. The number of hydrogen-bond acceptors (Lipinski definition) is 3. The van der Waals surface area contributed by atoms with Gasteiger partial charge in [-0.25, -0.2) is 4.79 Å². The molecule has 0 heterocycles. The molecule has 18 heavy (non-hydrogen) atoms. The molecule has 98 valence electrons. The Kier molecular flexibility index (Phi) is 5.86. The van der Waals surface area contributed by atoms with Crippen LogP contribution in [0.4, 0.5) is 0 Å². The summed E-state index contributed by atoms with van der Waals surface area (Å²) in [5.41, 5.74) is 2.26. The topological polar surface area (TPSA) is 43.4 Å². The van der Waals surface area contributed by atoms with E-state index >= 15 is 0 Å². The second-order valence-corrected chi connectivity index (χ2v) is 4.18. The van der Waals surface area contributed by atoms with Crippen LogP contribution in [0, 0.1) is 0 Å². The SMILES string of the molecule is CCOC(=O)c1cc(CC(=O)CCl)ccc1CC. The highest BCUT2D eigenvalue weighted by atomic mass is 35.5. The number of alkyl halides is 1. The van der Waals surface area contributed by atoms with Crippen LogP contribution >= 0.6 is 11.6 Å². The molecule has 3 nitrogen and oxygen atoms in total. The molecule has 0 fully saturated rings. The lowest BCUT2D eigenvalue weighted by molar-refractivity contribution is -0.116. The first-order valence-electron chi connectivity index (χ1n) is 5.98. The van der Waals surface area contributed by atoms with E-state index in [0.717, 1.165) is 17.5 Å². The number of rotatable bonds is 6. The van der Waals surface area contributed by atoms with Crippen LogP contribution in [0.3, 0.4) is 0 Å². The van der Waals surface area contributed by atoms with E-state index in [9.17, 15) is 9.59 Å². The van der Waals surface area contributed by atoms with Crippen molar-refractivity contribution < 1.29 is 14.3 Å². The fourth-order valence-corrected chi connectivity index (χ4v) is 1.81. The van der Waals surface area contributed by atoms with Gasteiger partial charge in [0, 0.05) is 6.42 Å². The maximum absolute atomic E-state index is 11.8. The monoisotopic (exact) mass is 268 g/mol. The Morgan fingerprint density at radius 2 is 2.00 bits per heavy atom. The zero-order valence-electron chi connectivity index (χ0n) is 10.7. The molecule has 1 aromatic rings. The molecule has 0 spiro atoms. The van der Waals surface area contributed by atoms with Gasteiger partial charge in [0.25, 0.3) is 0 Å². The van der Waals surface area contributed by atoms with Crippen molar-refractivity contribution in [3.8, 4) is 0 Å². The Labute approximate surface area is 112 Å². The highest BCUT2D eigenvalue weighted by molar-refractivity contribution is 6.27. The first kappa shape index (κ1) is 14.7. The molecular formula is C14H17ClO3. The molecule has 0 aliphatic heterocycles. The number of ether oxygens (including phenoxy) is 1. The lowest BCUT2D eigenvalue weighted by Crippen LogP contribution is -2.10. The van der Waals surface area contributed by atoms with Crippen molar-refractivity contribution in [3.05, 3.63) is 34.9 Å². The molecule has 0 N–H and O–H groups in total. The average Bonchev–Trinajstić information content (AvgIpc) is 2.38. The summed E-state index contributed by atoms with van der Waals surface area (Å²) in [7, 11) is 0. The third-order valence-electron chi connectivity index (χ3n) is 2.60. The van der Waals surface area contributed by atoms with Gasteiger partial charge in [-0.3, -0.25) is 4.79 Å². The highest BCUT2D eigenvalue weighted by Gasteiger charge is 2.13. The molecule has 0 aliphatic rings. The molecule has 0 aromatic heterocycles. The Bertz CT molecular complexity index is 441. The minimum Gasteiger partial charge on any atom is -0.462 e. The summed E-state index contributed by atoms with van der Waals surface area (Å²) in [6.07, 6.45) is 0.998. The van der Waals surface area contributed by atoms with Gasteiger partial charge in [-0.15, -0.1) is 11.6 Å². The first-order chi connectivity index (χ1) is 8.62. The van der Waals surface area contributed by atoms with Gasteiger partial charge in [0.1, 0.15) is 0 Å². The van der Waals surface area contributed by atoms with Crippen LogP contribution in [0.25, 0.3) is 0 Å². The van der Waals surface area contributed by atoms with Crippen LogP contribution < -0.4 is 0 Å². The summed E-state index contributed by atoms with van der Waals surface area (Å²) in [6, 6.07) is 5.44. The molecule has 0 aliphatic carbocycles. The molecule has 0 saturated heterocycles. The molecule has 4 heteroatoms. The Morgan fingerprint density at radius 1 is 1.28 bits per heavy atom. The van der Waals surface area contributed by atoms with Gasteiger partial charge in [-0.1, -0.05) is 19.1 Å². The largest absolute Gasteiger partial charge is 0.462 e. The van der Waals surface area contributed by atoms with Crippen molar-refractivity contribution in [3.63, 3.8) is 0 Å². The lowest BCUT2D eigenvalue weighted by atomic mass is 9.99. The summed E-state index contributed by atoms with van der Waals surface area (Å²) in [4.78, 5) is 23.1. The van der Waals surface area contributed by atoms with Crippen LogP contribution in [0.2, 0.25) is 0 Å². The maximum Gasteiger partial charge on any atom is 0.338 e. The van der Waals surface area contributed by atoms with E-state index in [-0.39, 0.29) is 24.1 Å². The van der Waals surface area contributed by atoms with Crippen molar-refractivity contribution in [1.29, 1.82) is 0 Å². The molecule has 0 radical (unpaired) electrons. The minimum absolute atomic E-state index is 0.00965. The highest BCUT2D eigenvalue weighted by Crippen LogP contribution is 2.15. The van der Waals surface area contributed by atoms with Gasteiger partial charge < -0.3 is 4.74 Å². The number of hydrogen-bond donors (Lipinski definition) is 0. The lowest BCUT2D eigenvalue weighted by Gasteiger charge is -2.09. The van der Waals surface area contributed by atoms with Crippen molar-refractivity contribution in [1.82, 2.24) is 0 Å². The van der Waals surface area contributed by atoms with E-state index in [1.165, 1.54) is 0 Å². The van der Waals surface area contributed by atoms with E-state index in [1.54, 1.807) is 13.0 Å². The van der Waals surface area contributed by atoms with E-state index in [2.05, 4.69) is 0 Å². The standard InChI is InChI=1S/C14H17ClO3/c1-3-11-6-5-10(7-12(16)9-15)8-13(11)14(17)18-4-2/h5-6,8H,3-4,7,9H2,1-2H3. The molecule has 0 unspecified atom stereocenters. The average molecular weight is 269 g/mol. The second kappa shape index (κ2) is 7.17. The van der Waals surface area contributed by atoms with Crippen LogP contribution in [-0.2, 0) is 22.4 Å². The number of esters is 1. The van der Waals surface area contributed by atoms with Crippen molar-refractivity contribution in [2.75, 3.05) is 12.5 Å². The van der Waals surface area contributed by atoms with Gasteiger partial charge in [0.2, 0.25) is 0 Å². The van der Waals surface area contributed by atoms with Crippen LogP contribution in [0.1, 0.15) is 35.3 Å². The summed E-state index contributed by atoms with van der Waals surface area (Å²) >= 11 is 5.47. The molecule has 1 aromatic carbocycles. The predicted octanol–water partition coefficient (Wildman–Crippen LogP) is 2.78. The summed E-state index contributed by atoms with van der Waals surface area (Å²) in [5, 5.41) is 0. The Balaban J connectivity index is 3.01. The van der Waals surface area contributed by atoms with Crippen molar-refractivity contribution in [2.45, 2.75) is 26.7 Å². The summed E-state index contributed by atoms with van der Waals surface area (Å²) in [6.45, 7) is 4.08. The van der Waals surface area contributed by atoms with Gasteiger partial charge in [0.05, 0.1) is 18.1 Å². The quantitative estimate of drug-likeness (QED) is 0.589. The van der Waals surface area contributed by atoms with Crippen LogP contribution in [-0.4, -0.2) is 24.2 Å². The number of carbonyl (C=O) groups excluding carboxylic acids is 2. The molecule has 0 amide bonds. The Morgan fingerprint density at radius 3 is 2.56 bits per heavy atom. The fraction of sp³-hybridized carbons (Fsp3) is 0.429. The third kappa shape index (κ3) is 3.84. The van der Waals surface area contributed by atoms with E-state index in [4.69, 9.17) is 16.3 Å². The predicted molar refractivity (Wildman–Crippen MR) is 71.2 cm³/mol. The fourth-order valence-electron chi connectivity index (χ4n) is 1.72. The van der Waals surface area contributed by atoms with Crippen LogP contribution in [0.5, 0.6) is 0 Å². The number of ketones is 1. The molecular weight excluding hydrogens is 252 g/mol. The molecule has 0 saturated carbocycles. The summed E-state index contributed by atoms with van der Waals surface area (Å²) < 4.78 is 5.01. The zero-order valence-corrected chi connectivity index (χ0v) is 11.4. The number of halogens is 1. The zero-order chi connectivity index (χ0) is 13.5. The number of benzene rings is 1. The van der Waals surface area contributed by atoms with Crippen molar-refractivity contribution >= 4 is 23.4 Å². The van der Waals surface area contributed by atoms with Gasteiger partial charge in [0.15, 0.2) is 5.78 Å². The van der Waals surface area contributed by atoms with Crippen molar-refractivity contribution in [2.24, 2.45) is 0 Å². The normalized spacial score (nSPS) is 10.2. The van der Waals surface area contributed by atoms with Gasteiger partial charge in [-0.2, -0.15) is 0 Å². The Hall–Kier alpha value is -1.35. The van der Waals surface area contributed by atoms with E-state index in [1.807, 2.05) is 19.1 Å². The maximum atomic E-state index is 11.8. The van der Waals surface area contributed by atoms with Crippen LogP contribution in [0.15, 0.2) is 18.2 Å². The first-order valence-corrected chi connectivity index (χ1v) is 6.52. The number of Topliss-reactive ketones (excluding diaryl/α,β-unsaturated/α-hetero) is 1. The smallest absolute Gasteiger partial charge is 0.338 e. The number of carbonyl (C=O) groups is 2. The second-order valence-electron chi connectivity index (χ2n) is 3.91. The molecule has 0 bridgehead atoms. The molecule has 0 atom stereocenters. The number of aryl methyl sites for hydroxylation is 1. The third-order valence-corrected chi connectivity index (χ3v) is 2.90. The van der Waals surface area contributed by atoms with Gasteiger partial charge >= 0.3 is 5.97 Å².